The summed E-state index contributed by atoms with van der Waals surface area (Å²) >= 11 is 1.61. The molecular formula is C13H19N3O2S. The monoisotopic (exact) mass is 281 g/mol. The molecule has 0 saturated heterocycles. The lowest BCUT2D eigenvalue weighted by atomic mass is 10.2. The highest BCUT2D eigenvalue weighted by molar-refractivity contribution is 7.13. The first kappa shape index (κ1) is 14.2. The van der Waals surface area contributed by atoms with Crippen molar-refractivity contribution in [2.24, 2.45) is 0 Å². The van der Waals surface area contributed by atoms with E-state index in [1.54, 1.807) is 11.3 Å². The van der Waals surface area contributed by atoms with Crippen LogP contribution in [-0.4, -0.2) is 40.3 Å². The van der Waals surface area contributed by atoms with Gasteiger partial charge >= 0.3 is 0 Å². The molecule has 0 aliphatic heterocycles. The first-order valence-electron chi connectivity index (χ1n) is 6.45. The van der Waals surface area contributed by atoms with Gasteiger partial charge < -0.3 is 9.63 Å². The van der Waals surface area contributed by atoms with Gasteiger partial charge in [-0.3, -0.25) is 4.90 Å². The fourth-order valence-electron chi connectivity index (χ4n) is 1.81. The van der Waals surface area contributed by atoms with Crippen molar-refractivity contribution in [1.82, 2.24) is 15.0 Å². The average molecular weight is 281 g/mol. The molecule has 0 spiro atoms. The summed E-state index contributed by atoms with van der Waals surface area (Å²) < 4.78 is 5.25. The number of rotatable bonds is 8. The Labute approximate surface area is 116 Å². The average Bonchev–Trinajstić information content (AvgIpc) is 3.04. The zero-order chi connectivity index (χ0) is 13.5. The van der Waals surface area contributed by atoms with E-state index in [1.165, 1.54) is 0 Å². The van der Waals surface area contributed by atoms with Crippen molar-refractivity contribution < 1.29 is 9.63 Å². The maximum Gasteiger partial charge on any atom is 0.241 e. The maximum atomic E-state index is 8.71. The molecule has 0 unspecified atom stereocenters. The van der Waals surface area contributed by atoms with Gasteiger partial charge in [0.1, 0.15) is 0 Å². The lowest BCUT2D eigenvalue weighted by Gasteiger charge is -2.13. The van der Waals surface area contributed by atoms with Crippen molar-refractivity contribution in [3.8, 4) is 10.7 Å². The summed E-state index contributed by atoms with van der Waals surface area (Å²) in [5, 5.41) is 14.7. The largest absolute Gasteiger partial charge is 0.396 e. The lowest BCUT2D eigenvalue weighted by molar-refractivity contribution is 0.251. The number of nitrogens with zero attached hydrogens (tertiary/aromatic N) is 3. The summed E-state index contributed by atoms with van der Waals surface area (Å²) in [5.41, 5.74) is 0. The minimum atomic E-state index is 0.275. The molecule has 0 aliphatic carbocycles. The van der Waals surface area contributed by atoms with Crippen LogP contribution in [-0.2, 0) is 6.54 Å². The van der Waals surface area contributed by atoms with Gasteiger partial charge in [0.2, 0.25) is 11.7 Å². The van der Waals surface area contributed by atoms with E-state index in [0.717, 1.165) is 30.7 Å². The first-order chi connectivity index (χ1) is 9.29. The van der Waals surface area contributed by atoms with Gasteiger partial charge in [-0.1, -0.05) is 11.2 Å². The van der Waals surface area contributed by atoms with Crippen molar-refractivity contribution in [2.45, 2.75) is 25.8 Å². The second-order valence-corrected chi connectivity index (χ2v) is 5.46. The molecule has 0 bridgehead atoms. The van der Waals surface area contributed by atoms with Gasteiger partial charge in [0.15, 0.2) is 0 Å². The van der Waals surface area contributed by atoms with Crippen LogP contribution in [0, 0.1) is 0 Å². The van der Waals surface area contributed by atoms with Crippen molar-refractivity contribution in [3.05, 3.63) is 23.4 Å². The molecule has 2 aromatic rings. The number of aromatic nitrogens is 2. The predicted octanol–water partition coefficient (Wildman–Crippen LogP) is 2.39. The minimum Gasteiger partial charge on any atom is -0.396 e. The molecule has 0 fully saturated rings. The molecule has 104 valence electrons. The van der Waals surface area contributed by atoms with E-state index in [9.17, 15) is 0 Å². The summed E-state index contributed by atoms with van der Waals surface area (Å²) in [5.74, 6) is 1.31. The standard InChI is InChI=1S/C13H19N3O2S/c1-16(7-3-2-4-8-17)10-12-14-13(15-18-12)11-6-5-9-19-11/h5-6,9,17H,2-4,7-8,10H2,1H3. The molecule has 6 heteroatoms. The van der Waals surface area contributed by atoms with Gasteiger partial charge in [-0.15, -0.1) is 11.3 Å². The summed E-state index contributed by atoms with van der Waals surface area (Å²) in [6, 6.07) is 3.96. The van der Waals surface area contributed by atoms with Crippen LogP contribution in [0.5, 0.6) is 0 Å². The van der Waals surface area contributed by atoms with Crippen LogP contribution in [0.2, 0.25) is 0 Å². The van der Waals surface area contributed by atoms with Crippen LogP contribution in [0.3, 0.4) is 0 Å². The third kappa shape index (κ3) is 4.41. The van der Waals surface area contributed by atoms with E-state index in [4.69, 9.17) is 9.63 Å². The molecule has 2 rings (SSSR count). The third-order valence-electron chi connectivity index (χ3n) is 2.81. The van der Waals surface area contributed by atoms with Crippen LogP contribution in [0.1, 0.15) is 25.2 Å². The molecule has 2 aromatic heterocycles. The predicted molar refractivity (Wildman–Crippen MR) is 74.9 cm³/mol. The highest BCUT2D eigenvalue weighted by Crippen LogP contribution is 2.21. The molecule has 19 heavy (non-hydrogen) atoms. The Hall–Kier alpha value is -1.24. The zero-order valence-corrected chi connectivity index (χ0v) is 11.9. The molecule has 0 amide bonds. The highest BCUT2D eigenvalue weighted by atomic mass is 32.1. The van der Waals surface area contributed by atoms with E-state index >= 15 is 0 Å². The highest BCUT2D eigenvalue weighted by Gasteiger charge is 2.10. The van der Waals surface area contributed by atoms with E-state index in [1.807, 2.05) is 24.6 Å². The first-order valence-corrected chi connectivity index (χ1v) is 7.33. The van der Waals surface area contributed by atoms with Gasteiger partial charge in [-0.2, -0.15) is 4.98 Å². The quantitative estimate of drug-likeness (QED) is 0.753. The Morgan fingerprint density at radius 3 is 3.00 bits per heavy atom. The number of unbranched alkanes of at least 4 members (excludes halogenated alkanes) is 2. The molecule has 0 radical (unpaired) electrons. The summed E-state index contributed by atoms with van der Waals surface area (Å²) in [4.78, 5) is 7.57. The van der Waals surface area contributed by atoms with E-state index in [0.29, 0.717) is 18.3 Å². The molecule has 0 aromatic carbocycles. The van der Waals surface area contributed by atoms with E-state index in [-0.39, 0.29) is 6.61 Å². The Morgan fingerprint density at radius 1 is 1.37 bits per heavy atom. The number of thiophene rings is 1. The second kappa shape index (κ2) is 7.37. The minimum absolute atomic E-state index is 0.275. The van der Waals surface area contributed by atoms with E-state index in [2.05, 4.69) is 15.0 Å². The SMILES string of the molecule is CN(CCCCCO)Cc1nc(-c2cccs2)no1. The fourth-order valence-corrected chi connectivity index (χ4v) is 2.45. The van der Waals surface area contributed by atoms with Gasteiger partial charge in [-0.25, -0.2) is 0 Å². The van der Waals surface area contributed by atoms with Gasteiger partial charge in [0, 0.05) is 6.61 Å². The molecule has 5 nitrogen and oxygen atoms in total. The summed E-state index contributed by atoms with van der Waals surface area (Å²) in [7, 11) is 2.04. The van der Waals surface area contributed by atoms with Crippen LogP contribution in [0.25, 0.3) is 10.7 Å². The topological polar surface area (TPSA) is 62.4 Å². The summed E-state index contributed by atoms with van der Waals surface area (Å²) in [6.45, 7) is 1.91. The maximum absolute atomic E-state index is 8.71. The van der Waals surface area contributed by atoms with Crippen LogP contribution >= 0.6 is 11.3 Å². The van der Waals surface area contributed by atoms with Crippen molar-refractivity contribution in [3.63, 3.8) is 0 Å². The molecule has 0 atom stereocenters. The molecule has 0 aliphatic rings. The summed E-state index contributed by atoms with van der Waals surface area (Å²) in [6.07, 6.45) is 2.99. The number of hydrogen-bond acceptors (Lipinski definition) is 6. The molecular weight excluding hydrogens is 262 g/mol. The van der Waals surface area contributed by atoms with Gasteiger partial charge in [0.05, 0.1) is 11.4 Å². The Kier molecular flexibility index (Phi) is 5.50. The van der Waals surface area contributed by atoms with Crippen molar-refractivity contribution >= 4 is 11.3 Å². The number of hydrogen-bond donors (Lipinski definition) is 1. The van der Waals surface area contributed by atoms with Crippen LogP contribution in [0.4, 0.5) is 0 Å². The molecule has 1 N–H and O–H groups in total. The lowest BCUT2D eigenvalue weighted by Crippen LogP contribution is -2.19. The van der Waals surface area contributed by atoms with Crippen LogP contribution in [0.15, 0.2) is 22.0 Å². The van der Waals surface area contributed by atoms with Crippen LogP contribution < -0.4 is 0 Å². The molecule has 2 heterocycles. The van der Waals surface area contributed by atoms with Gasteiger partial charge in [0.25, 0.3) is 0 Å². The number of aliphatic hydroxyl groups is 1. The Balaban J connectivity index is 1.79. The van der Waals surface area contributed by atoms with E-state index < -0.39 is 0 Å². The second-order valence-electron chi connectivity index (χ2n) is 4.51. The molecule has 0 saturated carbocycles. The van der Waals surface area contributed by atoms with Crippen molar-refractivity contribution in [2.75, 3.05) is 20.2 Å². The number of aliphatic hydroxyl groups excluding tert-OH is 1. The van der Waals surface area contributed by atoms with Crippen molar-refractivity contribution in [1.29, 1.82) is 0 Å². The third-order valence-corrected chi connectivity index (χ3v) is 3.68. The normalized spacial score (nSPS) is 11.3. The smallest absolute Gasteiger partial charge is 0.241 e. The fraction of sp³-hybridized carbons (Fsp3) is 0.538. The Morgan fingerprint density at radius 2 is 2.26 bits per heavy atom. The van der Waals surface area contributed by atoms with Gasteiger partial charge in [-0.05, 0) is 44.3 Å². The zero-order valence-electron chi connectivity index (χ0n) is 11.1. The Bertz CT molecular complexity index is 470.